The van der Waals surface area contributed by atoms with Gasteiger partial charge in [-0.15, -0.1) is 0 Å². The van der Waals surface area contributed by atoms with Gasteiger partial charge >= 0.3 is 0 Å². The van der Waals surface area contributed by atoms with Crippen molar-refractivity contribution in [2.24, 2.45) is 0 Å². The molecule has 2 fully saturated rings. The molecule has 1 aromatic rings. The Morgan fingerprint density at radius 1 is 1.42 bits per heavy atom. The van der Waals surface area contributed by atoms with E-state index in [-0.39, 0.29) is 17.9 Å². The van der Waals surface area contributed by atoms with Gasteiger partial charge in [-0.25, -0.2) is 0 Å². The molecule has 1 unspecified atom stereocenters. The Hall–Kier alpha value is -1.85. The third-order valence-electron chi connectivity index (χ3n) is 3.71. The summed E-state index contributed by atoms with van der Waals surface area (Å²) in [4.78, 5) is 25.0. The third kappa shape index (κ3) is 2.62. The van der Waals surface area contributed by atoms with Gasteiger partial charge in [0.05, 0.1) is 0 Å². The molecule has 6 nitrogen and oxygen atoms in total. The lowest BCUT2D eigenvalue weighted by molar-refractivity contribution is -0.127. The molecule has 19 heavy (non-hydrogen) atoms. The first-order valence-corrected chi connectivity index (χ1v) is 6.66. The van der Waals surface area contributed by atoms with Gasteiger partial charge in [0.15, 0.2) is 5.69 Å². The second-order valence-corrected chi connectivity index (χ2v) is 5.31. The van der Waals surface area contributed by atoms with Gasteiger partial charge in [-0.2, -0.15) is 0 Å². The van der Waals surface area contributed by atoms with Gasteiger partial charge in [-0.3, -0.25) is 9.59 Å². The summed E-state index contributed by atoms with van der Waals surface area (Å²) in [5, 5.41) is 6.70. The molecule has 2 aliphatic rings. The highest BCUT2D eigenvalue weighted by Gasteiger charge is 2.30. The monoisotopic (exact) mass is 263 g/mol. The molecule has 6 heteroatoms. The van der Waals surface area contributed by atoms with E-state index in [1.165, 1.54) is 0 Å². The minimum Gasteiger partial charge on any atom is -0.360 e. The maximum Gasteiger partial charge on any atom is 0.273 e. The van der Waals surface area contributed by atoms with Crippen LogP contribution in [-0.4, -0.2) is 41.0 Å². The second kappa shape index (κ2) is 4.68. The molecule has 1 aliphatic heterocycles. The van der Waals surface area contributed by atoms with Crippen molar-refractivity contribution in [2.75, 3.05) is 13.1 Å². The third-order valence-corrected chi connectivity index (χ3v) is 3.71. The number of likely N-dealkylation sites (tertiary alicyclic amines) is 1. The quantitative estimate of drug-likeness (QED) is 0.879. The van der Waals surface area contributed by atoms with Gasteiger partial charge in [0.25, 0.3) is 5.91 Å². The lowest BCUT2D eigenvalue weighted by atomic mass is 10.2. The van der Waals surface area contributed by atoms with Crippen molar-refractivity contribution in [1.82, 2.24) is 15.4 Å². The molecule has 0 spiro atoms. The van der Waals surface area contributed by atoms with Gasteiger partial charge in [0, 0.05) is 38.0 Å². The first kappa shape index (κ1) is 12.2. The van der Waals surface area contributed by atoms with E-state index >= 15 is 0 Å². The molecule has 3 rings (SSSR count). The minimum atomic E-state index is -0.217. The van der Waals surface area contributed by atoms with Crippen molar-refractivity contribution in [1.29, 1.82) is 0 Å². The standard InChI is InChI=1S/C13H17N3O3/c1-8(17)16-5-4-10(7-16)14-13(18)11-6-12(19-15-11)9-2-3-9/h6,9-10H,2-5,7H2,1H3,(H,14,18). The SMILES string of the molecule is CC(=O)N1CCC(NC(=O)c2cc(C3CC3)on2)C1. The normalized spacial score (nSPS) is 22.6. The van der Waals surface area contributed by atoms with Crippen LogP contribution in [-0.2, 0) is 4.79 Å². The van der Waals surface area contributed by atoms with Gasteiger partial charge in [0.2, 0.25) is 5.91 Å². The van der Waals surface area contributed by atoms with E-state index in [0.717, 1.165) is 25.0 Å². The molecule has 1 atom stereocenters. The Balaban J connectivity index is 1.57. The fourth-order valence-corrected chi connectivity index (χ4v) is 2.38. The Labute approximate surface area is 111 Å². The van der Waals surface area contributed by atoms with Crippen LogP contribution in [0, 0.1) is 0 Å². The fraction of sp³-hybridized carbons (Fsp3) is 0.615. The summed E-state index contributed by atoms with van der Waals surface area (Å²) in [7, 11) is 0. The van der Waals surface area contributed by atoms with Crippen LogP contribution in [0.1, 0.15) is 48.4 Å². The highest BCUT2D eigenvalue weighted by Crippen LogP contribution is 2.40. The van der Waals surface area contributed by atoms with Crippen molar-refractivity contribution in [3.63, 3.8) is 0 Å². The van der Waals surface area contributed by atoms with Crippen molar-refractivity contribution in [3.05, 3.63) is 17.5 Å². The first-order valence-electron chi connectivity index (χ1n) is 6.66. The summed E-state index contributed by atoms with van der Waals surface area (Å²) >= 11 is 0. The second-order valence-electron chi connectivity index (χ2n) is 5.31. The Morgan fingerprint density at radius 2 is 2.21 bits per heavy atom. The average molecular weight is 263 g/mol. The molecule has 1 aromatic heterocycles. The molecule has 1 aliphatic carbocycles. The van der Waals surface area contributed by atoms with Crippen LogP contribution in [0.3, 0.4) is 0 Å². The number of rotatable bonds is 3. The zero-order valence-electron chi connectivity index (χ0n) is 10.9. The van der Waals surface area contributed by atoms with Gasteiger partial charge in [0.1, 0.15) is 5.76 Å². The number of hydrogen-bond donors (Lipinski definition) is 1. The van der Waals surface area contributed by atoms with Crippen LogP contribution < -0.4 is 5.32 Å². The highest BCUT2D eigenvalue weighted by molar-refractivity contribution is 5.92. The number of aromatic nitrogens is 1. The Morgan fingerprint density at radius 3 is 2.84 bits per heavy atom. The molecule has 1 N–H and O–H groups in total. The van der Waals surface area contributed by atoms with Crippen LogP contribution in [0.4, 0.5) is 0 Å². The maximum atomic E-state index is 12.0. The van der Waals surface area contributed by atoms with Crippen LogP contribution in [0.25, 0.3) is 0 Å². The molecule has 2 heterocycles. The maximum absolute atomic E-state index is 12.0. The molecule has 0 radical (unpaired) electrons. The number of amides is 2. The predicted octanol–water partition coefficient (Wildman–Crippen LogP) is 0.903. The Bertz CT molecular complexity index is 507. The molecule has 0 aromatic carbocycles. The van der Waals surface area contributed by atoms with Gasteiger partial charge in [-0.05, 0) is 19.3 Å². The summed E-state index contributed by atoms with van der Waals surface area (Å²) in [6.45, 7) is 2.82. The molecule has 0 bridgehead atoms. The smallest absolute Gasteiger partial charge is 0.273 e. The zero-order chi connectivity index (χ0) is 13.4. The number of nitrogens with zero attached hydrogens (tertiary/aromatic N) is 2. The lowest BCUT2D eigenvalue weighted by Crippen LogP contribution is -2.38. The minimum absolute atomic E-state index is 0.0116. The summed E-state index contributed by atoms with van der Waals surface area (Å²) in [6, 6.07) is 1.74. The van der Waals surface area contributed by atoms with Crippen molar-refractivity contribution < 1.29 is 14.1 Å². The van der Waals surface area contributed by atoms with Crippen LogP contribution in [0.5, 0.6) is 0 Å². The number of nitrogens with one attached hydrogen (secondary N) is 1. The summed E-state index contributed by atoms with van der Waals surface area (Å²) in [5.41, 5.74) is 0.336. The van der Waals surface area contributed by atoms with Crippen LogP contribution in [0.2, 0.25) is 0 Å². The van der Waals surface area contributed by atoms with E-state index in [1.54, 1.807) is 17.9 Å². The fourth-order valence-electron chi connectivity index (χ4n) is 2.38. The largest absolute Gasteiger partial charge is 0.360 e. The summed E-state index contributed by atoms with van der Waals surface area (Å²) in [5.74, 6) is 1.09. The topological polar surface area (TPSA) is 75.4 Å². The van der Waals surface area contributed by atoms with E-state index in [4.69, 9.17) is 4.52 Å². The zero-order valence-corrected chi connectivity index (χ0v) is 10.9. The predicted molar refractivity (Wildman–Crippen MR) is 66.6 cm³/mol. The number of hydrogen-bond acceptors (Lipinski definition) is 4. The summed E-state index contributed by atoms with van der Waals surface area (Å²) in [6.07, 6.45) is 3.03. The Kier molecular flexibility index (Phi) is 3.00. The average Bonchev–Trinajstić information content (AvgIpc) is 2.92. The van der Waals surface area contributed by atoms with Crippen molar-refractivity contribution in [2.45, 2.75) is 38.1 Å². The van der Waals surface area contributed by atoms with Crippen molar-refractivity contribution in [3.8, 4) is 0 Å². The lowest BCUT2D eigenvalue weighted by Gasteiger charge is -2.14. The first-order chi connectivity index (χ1) is 9.13. The molecule has 2 amide bonds. The van der Waals surface area contributed by atoms with E-state index in [9.17, 15) is 9.59 Å². The number of carbonyl (C=O) groups is 2. The van der Waals surface area contributed by atoms with E-state index in [0.29, 0.717) is 24.7 Å². The van der Waals surface area contributed by atoms with E-state index in [1.807, 2.05) is 0 Å². The van der Waals surface area contributed by atoms with E-state index in [2.05, 4.69) is 10.5 Å². The molecular formula is C13H17N3O3. The molecule has 102 valence electrons. The number of carbonyl (C=O) groups excluding carboxylic acids is 2. The van der Waals surface area contributed by atoms with Gasteiger partial charge in [-0.1, -0.05) is 5.16 Å². The summed E-state index contributed by atoms with van der Waals surface area (Å²) < 4.78 is 5.16. The molecule has 1 saturated carbocycles. The van der Waals surface area contributed by atoms with Gasteiger partial charge < -0.3 is 14.7 Å². The van der Waals surface area contributed by atoms with E-state index < -0.39 is 0 Å². The highest BCUT2D eigenvalue weighted by atomic mass is 16.5. The molecular weight excluding hydrogens is 246 g/mol. The van der Waals surface area contributed by atoms with Crippen LogP contribution >= 0.6 is 0 Å². The van der Waals surface area contributed by atoms with Crippen LogP contribution in [0.15, 0.2) is 10.6 Å². The van der Waals surface area contributed by atoms with Crippen molar-refractivity contribution >= 4 is 11.8 Å². The molecule has 1 saturated heterocycles.